The van der Waals surface area contributed by atoms with Gasteiger partial charge < -0.3 is 15.4 Å². The molecule has 0 radical (unpaired) electrons. The Balaban J connectivity index is 1.79. The summed E-state index contributed by atoms with van der Waals surface area (Å²) in [6, 6.07) is 12.2. The van der Waals surface area contributed by atoms with Gasteiger partial charge in [0.2, 0.25) is 5.88 Å². The molecule has 2 aromatic rings. The van der Waals surface area contributed by atoms with Gasteiger partial charge in [0.15, 0.2) is 0 Å². The van der Waals surface area contributed by atoms with Crippen LogP contribution in [0.4, 0.5) is 0 Å². The first-order valence-corrected chi connectivity index (χ1v) is 6.83. The zero-order valence-electron chi connectivity index (χ0n) is 12.2. The molecule has 6 heteroatoms. The highest BCUT2D eigenvalue weighted by Crippen LogP contribution is 2.12. The number of carbonyl (C=O) groups is 2. The Labute approximate surface area is 128 Å². The van der Waals surface area contributed by atoms with Crippen LogP contribution in [0, 0.1) is 0 Å². The van der Waals surface area contributed by atoms with E-state index >= 15 is 0 Å². The van der Waals surface area contributed by atoms with Crippen LogP contribution in [0.15, 0.2) is 48.7 Å². The van der Waals surface area contributed by atoms with Crippen molar-refractivity contribution >= 4 is 11.8 Å². The molecule has 0 fully saturated rings. The van der Waals surface area contributed by atoms with Crippen molar-refractivity contribution in [2.45, 2.75) is 0 Å². The zero-order chi connectivity index (χ0) is 15.8. The first-order chi connectivity index (χ1) is 10.7. The molecule has 0 spiro atoms. The number of benzene rings is 1. The normalized spacial score (nSPS) is 9.86. The van der Waals surface area contributed by atoms with E-state index in [4.69, 9.17) is 4.74 Å². The molecule has 0 saturated heterocycles. The number of amides is 2. The fraction of sp³-hybridized carbons (Fsp3) is 0.188. The largest absolute Gasteiger partial charge is 0.480 e. The Kier molecular flexibility index (Phi) is 5.48. The van der Waals surface area contributed by atoms with Gasteiger partial charge in [0.05, 0.1) is 7.11 Å². The molecule has 22 heavy (non-hydrogen) atoms. The van der Waals surface area contributed by atoms with Crippen molar-refractivity contribution in [3.8, 4) is 5.88 Å². The summed E-state index contributed by atoms with van der Waals surface area (Å²) in [5.74, 6) is -0.193. The van der Waals surface area contributed by atoms with E-state index in [1.807, 2.05) is 6.07 Å². The van der Waals surface area contributed by atoms with Gasteiger partial charge in [0.1, 0.15) is 5.56 Å². The lowest BCUT2D eigenvalue weighted by Crippen LogP contribution is -2.34. The Morgan fingerprint density at radius 3 is 2.36 bits per heavy atom. The van der Waals surface area contributed by atoms with Gasteiger partial charge in [-0.15, -0.1) is 0 Å². The second-order valence-electron chi connectivity index (χ2n) is 4.44. The Morgan fingerprint density at radius 1 is 1.00 bits per heavy atom. The van der Waals surface area contributed by atoms with Crippen molar-refractivity contribution in [1.82, 2.24) is 15.6 Å². The first kappa shape index (κ1) is 15.5. The van der Waals surface area contributed by atoms with Gasteiger partial charge in [-0.05, 0) is 24.3 Å². The Bertz CT molecular complexity index is 644. The second kappa shape index (κ2) is 7.78. The molecule has 1 aromatic carbocycles. The number of methoxy groups -OCH3 is 1. The van der Waals surface area contributed by atoms with Crippen LogP contribution >= 0.6 is 0 Å². The molecule has 0 atom stereocenters. The summed E-state index contributed by atoms with van der Waals surface area (Å²) in [5, 5.41) is 5.44. The molecule has 0 aliphatic rings. The highest BCUT2D eigenvalue weighted by atomic mass is 16.5. The number of carbonyl (C=O) groups excluding carboxylic acids is 2. The zero-order valence-corrected chi connectivity index (χ0v) is 12.2. The number of nitrogens with zero attached hydrogens (tertiary/aromatic N) is 1. The summed E-state index contributed by atoms with van der Waals surface area (Å²) in [7, 11) is 1.46. The first-order valence-electron chi connectivity index (χ1n) is 6.83. The maximum Gasteiger partial charge on any atom is 0.256 e. The third kappa shape index (κ3) is 4.05. The number of pyridine rings is 1. The molecule has 0 saturated carbocycles. The van der Waals surface area contributed by atoms with E-state index in [0.717, 1.165) is 0 Å². The lowest BCUT2D eigenvalue weighted by Gasteiger charge is -2.09. The van der Waals surface area contributed by atoms with Crippen molar-refractivity contribution < 1.29 is 14.3 Å². The van der Waals surface area contributed by atoms with Gasteiger partial charge in [-0.25, -0.2) is 4.98 Å². The molecule has 114 valence electrons. The number of rotatable bonds is 6. The second-order valence-corrected chi connectivity index (χ2v) is 4.44. The van der Waals surface area contributed by atoms with Crippen LogP contribution in [-0.2, 0) is 0 Å². The number of aromatic nitrogens is 1. The summed E-state index contributed by atoms with van der Waals surface area (Å²) in [4.78, 5) is 27.8. The predicted octanol–water partition coefficient (Wildman–Crippen LogP) is 1.25. The van der Waals surface area contributed by atoms with Crippen LogP contribution in [0.5, 0.6) is 5.88 Å². The van der Waals surface area contributed by atoms with Crippen LogP contribution in [0.3, 0.4) is 0 Å². The Morgan fingerprint density at radius 2 is 1.68 bits per heavy atom. The van der Waals surface area contributed by atoms with E-state index in [0.29, 0.717) is 24.2 Å². The van der Waals surface area contributed by atoms with Crippen LogP contribution in [0.1, 0.15) is 20.7 Å². The van der Waals surface area contributed by atoms with E-state index in [-0.39, 0.29) is 17.7 Å². The molecule has 2 amide bonds. The van der Waals surface area contributed by atoms with Crippen LogP contribution < -0.4 is 15.4 Å². The third-order valence-corrected chi connectivity index (χ3v) is 2.94. The maximum atomic E-state index is 12.0. The topological polar surface area (TPSA) is 80.3 Å². The fourth-order valence-corrected chi connectivity index (χ4v) is 1.87. The molecule has 0 bridgehead atoms. The molecule has 0 aliphatic heterocycles. The minimum atomic E-state index is -0.293. The van der Waals surface area contributed by atoms with Gasteiger partial charge in [0, 0.05) is 24.8 Å². The van der Waals surface area contributed by atoms with E-state index < -0.39 is 0 Å². The summed E-state index contributed by atoms with van der Waals surface area (Å²) in [6.45, 7) is 0.650. The molecular formula is C16H17N3O3. The van der Waals surface area contributed by atoms with Gasteiger partial charge in [-0.1, -0.05) is 18.2 Å². The quantitative estimate of drug-likeness (QED) is 0.787. The van der Waals surface area contributed by atoms with E-state index in [2.05, 4.69) is 15.6 Å². The molecule has 1 aromatic heterocycles. The van der Waals surface area contributed by atoms with Crippen LogP contribution in [0.2, 0.25) is 0 Å². The van der Waals surface area contributed by atoms with E-state index in [1.165, 1.54) is 7.11 Å². The lowest BCUT2D eigenvalue weighted by molar-refractivity contribution is 0.0925. The molecule has 0 aliphatic carbocycles. The van der Waals surface area contributed by atoms with Crippen LogP contribution in [0.25, 0.3) is 0 Å². The monoisotopic (exact) mass is 299 g/mol. The number of hydrogen-bond acceptors (Lipinski definition) is 4. The third-order valence-electron chi connectivity index (χ3n) is 2.94. The molecule has 2 rings (SSSR count). The van der Waals surface area contributed by atoms with Crippen molar-refractivity contribution in [1.29, 1.82) is 0 Å². The van der Waals surface area contributed by atoms with Crippen molar-refractivity contribution in [2.24, 2.45) is 0 Å². The molecule has 2 N–H and O–H groups in total. The summed E-state index contributed by atoms with van der Waals surface area (Å²) in [6.07, 6.45) is 1.55. The smallest absolute Gasteiger partial charge is 0.256 e. The standard InChI is InChI=1S/C16H17N3O3/c1-22-16-13(8-5-9-19-16)15(21)18-11-10-17-14(20)12-6-3-2-4-7-12/h2-9H,10-11H2,1H3,(H,17,20)(H,18,21). The number of ether oxygens (including phenoxy) is 1. The predicted molar refractivity (Wildman–Crippen MR) is 81.9 cm³/mol. The summed E-state index contributed by atoms with van der Waals surface area (Å²) in [5.41, 5.74) is 0.946. The van der Waals surface area contributed by atoms with Crippen LogP contribution in [-0.4, -0.2) is 37.0 Å². The van der Waals surface area contributed by atoms with E-state index in [1.54, 1.807) is 42.6 Å². The van der Waals surface area contributed by atoms with Gasteiger partial charge >= 0.3 is 0 Å². The molecule has 1 heterocycles. The van der Waals surface area contributed by atoms with Crippen molar-refractivity contribution in [2.75, 3.05) is 20.2 Å². The fourth-order valence-electron chi connectivity index (χ4n) is 1.87. The summed E-state index contributed by atoms with van der Waals surface area (Å²) < 4.78 is 5.03. The average molecular weight is 299 g/mol. The number of hydrogen-bond donors (Lipinski definition) is 2. The van der Waals surface area contributed by atoms with Gasteiger partial charge in [0.25, 0.3) is 11.8 Å². The average Bonchev–Trinajstić information content (AvgIpc) is 2.59. The highest BCUT2D eigenvalue weighted by Gasteiger charge is 2.12. The Hall–Kier alpha value is -2.89. The van der Waals surface area contributed by atoms with E-state index in [9.17, 15) is 9.59 Å². The van der Waals surface area contributed by atoms with Gasteiger partial charge in [-0.2, -0.15) is 0 Å². The SMILES string of the molecule is COc1ncccc1C(=O)NCCNC(=O)c1ccccc1. The van der Waals surface area contributed by atoms with Gasteiger partial charge in [-0.3, -0.25) is 9.59 Å². The highest BCUT2D eigenvalue weighted by molar-refractivity contribution is 5.96. The summed E-state index contributed by atoms with van der Waals surface area (Å²) >= 11 is 0. The maximum absolute atomic E-state index is 12.0. The molecule has 6 nitrogen and oxygen atoms in total. The number of nitrogens with one attached hydrogen (secondary N) is 2. The lowest BCUT2D eigenvalue weighted by atomic mass is 10.2. The minimum Gasteiger partial charge on any atom is -0.480 e. The minimum absolute atomic E-state index is 0.172. The van der Waals surface area contributed by atoms with Crippen molar-refractivity contribution in [3.05, 3.63) is 59.8 Å². The molecular weight excluding hydrogens is 282 g/mol. The van der Waals surface area contributed by atoms with Crippen molar-refractivity contribution in [3.63, 3.8) is 0 Å². The molecule has 0 unspecified atom stereocenters.